The summed E-state index contributed by atoms with van der Waals surface area (Å²) in [6.45, 7) is 4.16. The first-order chi connectivity index (χ1) is 26.6. The van der Waals surface area contributed by atoms with Crippen LogP contribution in [0.1, 0.15) is 271 Å². The summed E-state index contributed by atoms with van der Waals surface area (Å²) in [6.07, 6.45) is 54.5. The van der Waals surface area contributed by atoms with Gasteiger partial charge in [-0.3, -0.25) is 9.59 Å². The number of rotatable bonds is 45. The van der Waals surface area contributed by atoms with Gasteiger partial charge in [-0.05, 0) is 38.5 Å². The van der Waals surface area contributed by atoms with Gasteiger partial charge in [0.2, 0.25) is 0 Å². The second-order valence-electron chi connectivity index (χ2n) is 16.5. The molecule has 5 heteroatoms. The zero-order valence-corrected chi connectivity index (χ0v) is 36.5. The Kier molecular flexibility index (Phi) is 44.9. The maximum atomic E-state index is 12.2. The first-order valence-electron chi connectivity index (χ1n) is 24.2. The van der Waals surface area contributed by atoms with Crippen molar-refractivity contribution in [3.05, 3.63) is 12.2 Å². The van der Waals surface area contributed by atoms with E-state index in [2.05, 4.69) is 26.0 Å². The highest BCUT2D eigenvalue weighted by Gasteiger charge is 2.16. The number of aliphatic hydroxyl groups is 1. The molecule has 0 aromatic heterocycles. The quantitative estimate of drug-likeness (QED) is 0.0380. The van der Waals surface area contributed by atoms with E-state index in [-0.39, 0.29) is 25.2 Å². The van der Waals surface area contributed by atoms with Crippen LogP contribution in [0.3, 0.4) is 0 Å². The first-order valence-corrected chi connectivity index (χ1v) is 24.2. The van der Waals surface area contributed by atoms with Crippen molar-refractivity contribution in [1.29, 1.82) is 0 Å². The van der Waals surface area contributed by atoms with Crippen molar-refractivity contribution < 1.29 is 24.2 Å². The Morgan fingerprint density at radius 3 is 1.00 bits per heavy atom. The van der Waals surface area contributed by atoms with Crippen molar-refractivity contribution in [3.63, 3.8) is 0 Å². The van der Waals surface area contributed by atoms with Crippen LogP contribution in [-0.2, 0) is 19.1 Å². The van der Waals surface area contributed by atoms with E-state index in [1.54, 1.807) is 0 Å². The van der Waals surface area contributed by atoms with Crippen LogP contribution in [0, 0.1) is 0 Å². The summed E-state index contributed by atoms with van der Waals surface area (Å²) < 4.78 is 10.6. The molecule has 1 atom stereocenters. The number of hydrogen-bond donors (Lipinski definition) is 1. The van der Waals surface area contributed by atoms with Gasteiger partial charge >= 0.3 is 11.9 Å². The molecule has 0 heterocycles. The number of esters is 2. The summed E-state index contributed by atoms with van der Waals surface area (Å²) in [5.41, 5.74) is 0. The van der Waals surface area contributed by atoms with Crippen molar-refractivity contribution in [3.8, 4) is 0 Å². The number of unbranched alkanes of at least 4 members (excludes halogenated alkanes) is 35. The smallest absolute Gasteiger partial charge is 0.306 e. The Morgan fingerprint density at radius 1 is 0.407 bits per heavy atom. The van der Waals surface area contributed by atoms with Gasteiger partial charge in [0.05, 0.1) is 6.61 Å². The van der Waals surface area contributed by atoms with E-state index < -0.39 is 6.10 Å². The molecule has 1 unspecified atom stereocenters. The lowest BCUT2D eigenvalue weighted by Crippen LogP contribution is -2.28. The summed E-state index contributed by atoms with van der Waals surface area (Å²) in [4.78, 5) is 24.3. The van der Waals surface area contributed by atoms with Gasteiger partial charge in [-0.25, -0.2) is 0 Å². The minimum absolute atomic E-state index is 0.0627. The van der Waals surface area contributed by atoms with Crippen LogP contribution < -0.4 is 0 Å². The molecule has 5 nitrogen and oxygen atoms in total. The van der Waals surface area contributed by atoms with Crippen LogP contribution in [0.2, 0.25) is 0 Å². The molecule has 0 fully saturated rings. The van der Waals surface area contributed by atoms with Crippen molar-refractivity contribution >= 4 is 11.9 Å². The van der Waals surface area contributed by atoms with Gasteiger partial charge in [0.25, 0.3) is 0 Å². The molecule has 0 aromatic rings. The lowest BCUT2D eigenvalue weighted by molar-refractivity contribution is -0.161. The number of carbonyl (C=O) groups excluding carboxylic acids is 2. The average molecular weight is 763 g/mol. The van der Waals surface area contributed by atoms with E-state index in [0.29, 0.717) is 12.8 Å². The highest BCUT2D eigenvalue weighted by molar-refractivity contribution is 5.70. The largest absolute Gasteiger partial charge is 0.462 e. The van der Waals surface area contributed by atoms with Gasteiger partial charge < -0.3 is 14.6 Å². The Hall–Kier alpha value is -1.36. The van der Waals surface area contributed by atoms with Gasteiger partial charge in [0, 0.05) is 12.8 Å². The van der Waals surface area contributed by atoms with Crippen molar-refractivity contribution in [2.24, 2.45) is 0 Å². The summed E-state index contributed by atoms with van der Waals surface area (Å²) in [7, 11) is 0. The van der Waals surface area contributed by atoms with Gasteiger partial charge in [-0.1, -0.05) is 231 Å². The topological polar surface area (TPSA) is 72.8 Å². The number of carbonyl (C=O) groups is 2. The summed E-state index contributed by atoms with van der Waals surface area (Å²) in [5.74, 6) is -0.585. The van der Waals surface area contributed by atoms with Gasteiger partial charge in [-0.2, -0.15) is 0 Å². The molecule has 0 aromatic carbocycles. The molecular formula is C49H94O5. The van der Waals surface area contributed by atoms with E-state index in [4.69, 9.17) is 9.47 Å². The molecule has 0 aliphatic rings. The van der Waals surface area contributed by atoms with E-state index in [1.807, 2.05) is 0 Å². The van der Waals surface area contributed by atoms with Crippen molar-refractivity contribution in [2.45, 2.75) is 277 Å². The van der Waals surface area contributed by atoms with Crippen molar-refractivity contribution in [1.82, 2.24) is 0 Å². The lowest BCUT2D eigenvalue weighted by atomic mass is 10.0. The van der Waals surface area contributed by atoms with Crippen LogP contribution in [0.25, 0.3) is 0 Å². The fourth-order valence-corrected chi connectivity index (χ4v) is 7.38. The average Bonchev–Trinajstić information content (AvgIpc) is 3.17. The Labute approximate surface area is 337 Å². The molecule has 0 spiro atoms. The minimum atomic E-state index is -0.770. The number of aliphatic hydroxyl groups excluding tert-OH is 1. The normalized spacial score (nSPS) is 12.1. The zero-order chi connectivity index (χ0) is 39.3. The molecule has 54 heavy (non-hydrogen) atoms. The second kappa shape index (κ2) is 46.0. The third-order valence-corrected chi connectivity index (χ3v) is 11.1. The van der Waals surface area contributed by atoms with E-state index >= 15 is 0 Å². The molecule has 0 amide bonds. The van der Waals surface area contributed by atoms with Gasteiger partial charge in [0.1, 0.15) is 6.61 Å². The minimum Gasteiger partial charge on any atom is -0.462 e. The van der Waals surface area contributed by atoms with E-state index in [0.717, 1.165) is 38.5 Å². The van der Waals surface area contributed by atoms with Crippen LogP contribution in [0.5, 0.6) is 0 Å². The maximum absolute atomic E-state index is 12.2. The van der Waals surface area contributed by atoms with Crippen LogP contribution in [-0.4, -0.2) is 36.4 Å². The first kappa shape index (κ1) is 52.6. The van der Waals surface area contributed by atoms with E-state index in [1.165, 1.54) is 205 Å². The van der Waals surface area contributed by atoms with Gasteiger partial charge in [-0.15, -0.1) is 0 Å². The third-order valence-electron chi connectivity index (χ3n) is 11.1. The summed E-state index contributed by atoms with van der Waals surface area (Å²) in [5, 5.41) is 9.59. The maximum Gasteiger partial charge on any atom is 0.306 e. The van der Waals surface area contributed by atoms with Crippen LogP contribution in [0.15, 0.2) is 12.2 Å². The standard InChI is InChI=1S/C49H94O5/c1-3-5-7-9-11-13-15-17-19-20-21-22-23-24-25-26-27-28-29-30-32-33-35-37-39-41-43-48(51)53-46-47(45-50)54-49(52)44-42-40-38-36-34-31-18-16-14-12-10-8-6-4-2/h16,18,47,50H,3-15,17,19-46H2,1-2H3/b18-16-. The molecule has 0 rings (SSSR count). The third kappa shape index (κ3) is 43.4. The second-order valence-corrected chi connectivity index (χ2v) is 16.5. The van der Waals surface area contributed by atoms with E-state index in [9.17, 15) is 14.7 Å². The molecule has 0 radical (unpaired) electrons. The van der Waals surface area contributed by atoms with Gasteiger partial charge in [0.15, 0.2) is 6.10 Å². The predicted octanol–water partition coefficient (Wildman–Crippen LogP) is 15.6. The fraction of sp³-hybridized carbons (Fsp3) is 0.918. The Balaban J connectivity index is 3.42. The number of hydrogen-bond acceptors (Lipinski definition) is 5. The molecule has 0 saturated carbocycles. The van der Waals surface area contributed by atoms with Crippen LogP contribution in [0.4, 0.5) is 0 Å². The summed E-state index contributed by atoms with van der Waals surface area (Å²) in [6, 6.07) is 0. The lowest BCUT2D eigenvalue weighted by Gasteiger charge is -2.15. The van der Waals surface area contributed by atoms with Crippen molar-refractivity contribution in [2.75, 3.05) is 13.2 Å². The molecule has 0 aliphatic heterocycles. The SMILES string of the molecule is CCCCCCC/C=C\CCCCCCCC(=O)OC(CO)COC(=O)CCCCCCCCCCCCCCCCCCCCCCCCCCCC. The number of ether oxygens (including phenoxy) is 2. The molecular weight excluding hydrogens is 669 g/mol. The zero-order valence-electron chi connectivity index (χ0n) is 36.5. The predicted molar refractivity (Wildman–Crippen MR) is 233 cm³/mol. The molecule has 0 bridgehead atoms. The van der Waals surface area contributed by atoms with Crippen LogP contribution >= 0.6 is 0 Å². The molecule has 1 N–H and O–H groups in total. The molecule has 320 valence electrons. The fourth-order valence-electron chi connectivity index (χ4n) is 7.38. The monoisotopic (exact) mass is 763 g/mol. The number of allylic oxidation sites excluding steroid dienone is 2. The Bertz CT molecular complexity index is 780. The molecule has 0 saturated heterocycles. The molecule has 0 aliphatic carbocycles. The highest BCUT2D eigenvalue weighted by Crippen LogP contribution is 2.17. The Morgan fingerprint density at radius 2 is 0.685 bits per heavy atom. The summed E-state index contributed by atoms with van der Waals surface area (Å²) >= 11 is 0. The highest BCUT2D eigenvalue weighted by atomic mass is 16.6.